The fourth-order valence-electron chi connectivity index (χ4n) is 4.76. The van der Waals surface area contributed by atoms with Crippen LogP contribution in [0.25, 0.3) is 5.69 Å². The van der Waals surface area contributed by atoms with Gasteiger partial charge in [0.15, 0.2) is 0 Å². The molecular weight excluding hydrogens is 312 g/mol. The van der Waals surface area contributed by atoms with Crippen LogP contribution in [0.15, 0.2) is 43.0 Å². The number of carbonyl (C=O) groups is 1. The van der Waals surface area contributed by atoms with Crippen molar-refractivity contribution >= 4 is 6.03 Å². The molecule has 1 aromatic carbocycles. The molecule has 0 spiro atoms. The molecule has 2 N–H and O–H groups in total. The number of rotatable bonds is 5. The van der Waals surface area contributed by atoms with E-state index in [0.29, 0.717) is 12.5 Å². The van der Waals surface area contributed by atoms with Crippen molar-refractivity contribution in [3.8, 4) is 5.69 Å². The van der Waals surface area contributed by atoms with Crippen LogP contribution in [0.1, 0.15) is 38.2 Å². The third-order valence-electron chi connectivity index (χ3n) is 6.01. The number of hydrogen-bond acceptors (Lipinski definition) is 2. The Morgan fingerprint density at radius 2 is 2.20 bits per heavy atom. The zero-order valence-electron chi connectivity index (χ0n) is 14.7. The maximum absolute atomic E-state index is 12.3. The van der Waals surface area contributed by atoms with Crippen molar-refractivity contribution in [3.63, 3.8) is 0 Å². The second-order valence-electron chi connectivity index (χ2n) is 7.55. The first-order valence-corrected chi connectivity index (χ1v) is 9.31. The van der Waals surface area contributed by atoms with E-state index in [2.05, 4.69) is 22.5 Å². The summed E-state index contributed by atoms with van der Waals surface area (Å²) in [5.74, 6) is 2.38. The van der Waals surface area contributed by atoms with Gasteiger partial charge in [-0.1, -0.05) is 24.6 Å². The Morgan fingerprint density at radius 3 is 2.92 bits per heavy atom. The van der Waals surface area contributed by atoms with Gasteiger partial charge in [-0.15, -0.1) is 0 Å². The van der Waals surface area contributed by atoms with Gasteiger partial charge in [-0.25, -0.2) is 9.78 Å². The Morgan fingerprint density at radius 1 is 1.32 bits per heavy atom. The number of para-hydroxylation sites is 1. The average molecular weight is 338 g/mol. The average Bonchev–Trinajstić information content (AvgIpc) is 3.37. The molecule has 2 amide bonds. The highest BCUT2D eigenvalue weighted by Crippen LogP contribution is 2.49. The molecule has 4 atom stereocenters. The third kappa shape index (κ3) is 3.41. The van der Waals surface area contributed by atoms with Crippen molar-refractivity contribution in [1.82, 2.24) is 20.2 Å². The molecule has 25 heavy (non-hydrogen) atoms. The molecule has 5 heteroatoms. The second kappa shape index (κ2) is 6.90. The van der Waals surface area contributed by atoms with Crippen LogP contribution in [0.3, 0.4) is 0 Å². The molecule has 2 fully saturated rings. The van der Waals surface area contributed by atoms with Crippen molar-refractivity contribution in [2.24, 2.45) is 17.8 Å². The van der Waals surface area contributed by atoms with Gasteiger partial charge in [-0.2, -0.15) is 0 Å². The molecule has 4 rings (SSSR count). The van der Waals surface area contributed by atoms with E-state index in [1.54, 1.807) is 12.5 Å². The van der Waals surface area contributed by atoms with Gasteiger partial charge >= 0.3 is 6.03 Å². The van der Waals surface area contributed by atoms with Crippen LogP contribution < -0.4 is 10.6 Å². The second-order valence-corrected chi connectivity index (χ2v) is 7.55. The maximum atomic E-state index is 12.3. The van der Waals surface area contributed by atoms with Crippen LogP contribution in [-0.2, 0) is 6.54 Å². The molecule has 2 aliphatic rings. The number of urea groups is 1. The first-order chi connectivity index (χ1) is 12.2. The number of nitrogens with one attached hydrogen (secondary N) is 2. The summed E-state index contributed by atoms with van der Waals surface area (Å²) in [6, 6.07) is 8.24. The number of nitrogens with zero attached hydrogens (tertiary/aromatic N) is 2. The summed E-state index contributed by atoms with van der Waals surface area (Å²) in [6.07, 6.45) is 10.8. The maximum Gasteiger partial charge on any atom is 0.315 e. The minimum Gasteiger partial charge on any atom is -0.335 e. The molecule has 2 bridgehead atoms. The van der Waals surface area contributed by atoms with Gasteiger partial charge < -0.3 is 15.2 Å². The number of imidazole rings is 1. The standard InChI is InChI=1S/C20H26N4O/c1-14(18-11-15-6-7-16(18)10-15)23-20(25)22-12-17-4-2-3-5-19(17)24-9-8-21-13-24/h2-5,8-9,13-16,18H,6-7,10-12H2,1H3,(H2,22,23,25). The molecule has 0 aliphatic heterocycles. The molecule has 0 radical (unpaired) electrons. The molecule has 0 saturated heterocycles. The summed E-state index contributed by atoms with van der Waals surface area (Å²) in [5, 5.41) is 6.18. The first-order valence-electron chi connectivity index (χ1n) is 9.31. The molecule has 132 valence electrons. The minimum absolute atomic E-state index is 0.0734. The van der Waals surface area contributed by atoms with Gasteiger partial charge in [-0.3, -0.25) is 0 Å². The van der Waals surface area contributed by atoms with E-state index in [1.807, 2.05) is 35.0 Å². The molecule has 1 heterocycles. The van der Waals surface area contributed by atoms with Crippen LogP contribution in [0, 0.1) is 17.8 Å². The van der Waals surface area contributed by atoms with E-state index in [4.69, 9.17) is 0 Å². The number of benzene rings is 1. The lowest BCUT2D eigenvalue weighted by Crippen LogP contribution is -2.45. The highest BCUT2D eigenvalue weighted by atomic mass is 16.2. The Labute approximate surface area is 148 Å². The zero-order valence-corrected chi connectivity index (χ0v) is 14.7. The molecule has 2 aromatic rings. The summed E-state index contributed by atoms with van der Waals surface area (Å²) >= 11 is 0. The summed E-state index contributed by atoms with van der Waals surface area (Å²) in [6.45, 7) is 2.66. The van der Waals surface area contributed by atoms with Crippen LogP contribution in [0.5, 0.6) is 0 Å². The van der Waals surface area contributed by atoms with E-state index in [-0.39, 0.29) is 12.1 Å². The van der Waals surface area contributed by atoms with Crippen molar-refractivity contribution in [2.75, 3.05) is 0 Å². The summed E-state index contributed by atoms with van der Waals surface area (Å²) < 4.78 is 1.97. The van der Waals surface area contributed by atoms with Crippen molar-refractivity contribution in [3.05, 3.63) is 48.5 Å². The predicted octanol–water partition coefficient (Wildman–Crippen LogP) is 3.50. The Balaban J connectivity index is 1.33. The monoisotopic (exact) mass is 338 g/mol. The van der Waals surface area contributed by atoms with Crippen LogP contribution >= 0.6 is 0 Å². The molecule has 2 saturated carbocycles. The molecule has 4 unspecified atom stereocenters. The number of aromatic nitrogens is 2. The highest BCUT2D eigenvalue weighted by Gasteiger charge is 2.42. The molecular formula is C20H26N4O. The summed E-state index contributed by atoms with van der Waals surface area (Å²) in [5.41, 5.74) is 2.12. The van der Waals surface area contributed by atoms with Crippen LogP contribution in [0.2, 0.25) is 0 Å². The van der Waals surface area contributed by atoms with Gasteiger partial charge in [0.2, 0.25) is 0 Å². The largest absolute Gasteiger partial charge is 0.335 e. The van der Waals surface area contributed by atoms with E-state index in [9.17, 15) is 4.79 Å². The quantitative estimate of drug-likeness (QED) is 0.877. The van der Waals surface area contributed by atoms with E-state index < -0.39 is 0 Å². The zero-order chi connectivity index (χ0) is 17.2. The van der Waals surface area contributed by atoms with Crippen molar-refractivity contribution in [2.45, 2.75) is 45.2 Å². The topological polar surface area (TPSA) is 59.0 Å². The van der Waals surface area contributed by atoms with Crippen LogP contribution in [-0.4, -0.2) is 21.6 Å². The smallest absolute Gasteiger partial charge is 0.315 e. The Kier molecular flexibility index (Phi) is 4.47. The third-order valence-corrected chi connectivity index (χ3v) is 6.01. The molecule has 2 aliphatic carbocycles. The Bertz CT molecular complexity index is 727. The lowest BCUT2D eigenvalue weighted by Gasteiger charge is -2.28. The number of amides is 2. The van der Waals surface area contributed by atoms with Crippen molar-refractivity contribution < 1.29 is 4.79 Å². The number of carbonyl (C=O) groups excluding carboxylic acids is 1. The van der Waals surface area contributed by atoms with Gasteiger partial charge in [0.25, 0.3) is 0 Å². The van der Waals surface area contributed by atoms with E-state index in [1.165, 1.54) is 25.7 Å². The highest BCUT2D eigenvalue weighted by molar-refractivity contribution is 5.74. The van der Waals surface area contributed by atoms with Gasteiger partial charge in [0.05, 0.1) is 12.0 Å². The lowest BCUT2D eigenvalue weighted by molar-refractivity contribution is 0.220. The summed E-state index contributed by atoms with van der Waals surface area (Å²) in [4.78, 5) is 16.4. The predicted molar refractivity (Wildman–Crippen MR) is 97.3 cm³/mol. The van der Waals surface area contributed by atoms with Gasteiger partial charge in [0.1, 0.15) is 0 Å². The molecule has 1 aromatic heterocycles. The van der Waals surface area contributed by atoms with E-state index >= 15 is 0 Å². The van der Waals surface area contributed by atoms with E-state index in [0.717, 1.165) is 23.1 Å². The number of fused-ring (bicyclic) bond motifs is 2. The normalized spacial score (nSPS) is 25.7. The molecule has 5 nitrogen and oxygen atoms in total. The van der Waals surface area contributed by atoms with Crippen molar-refractivity contribution in [1.29, 1.82) is 0 Å². The Hall–Kier alpha value is -2.30. The number of hydrogen-bond donors (Lipinski definition) is 2. The fraction of sp³-hybridized carbons (Fsp3) is 0.500. The SMILES string of the molecule is CC(NC(=O)NCc1ccccc1-n1ccnc1)C1CC2CCC1C2. The fourth-order valence-corrected chi connectivity index (χ4v) is 4.76. The van der Waals surface area contributed by atoms with Gasteiger partial charge in [0, 0.05) is 25.0 Å². The van der Waals surface area contributed by atoms with Crippen LogP contribution in [0.4, 0.5) is 4.79 Å². The van der Waals surface area contributed by atoms with Gasteiger partial charge in [-0.05, 0) is 55.6 Å². The lowest BCUT2D eigenvalue weighted by atomic mass is 9.84. The minimum atomic E-state index is -0.0734. The first kappa shape index (κ1) is 16.2. The summed E-state index contributed by atoms with van der Waals surface area (Å²) in [7, 11) is 0.